The summed E-state index contributed by atoms with van der Waals surface area (Å²) in [7, 11) is 0. The van der Waals surface area contributed by atoms with Crippen molar-refractivity contribution in [1.82, 2.24) is 5.32 Å². The van der Waals surface area contributed by atoms with E-state index in [1.165, 1.54) is 64.2 Å². The van der Waals surface area contributed by atoms with Gasteiger partial charge in [-0.25, -0.2) is 0 Å². The minimum absolute atomic E-state index is 0.483. The minimum Gasteiger partial charge on any atom is -0.309 e. The fourth-order valence-electron chi connectivity index (χ4n) is 5.57. The second kappa shape index (κ2) is 6.20. The lowest BCUT2D eigenvalue weighted by molar-refractivity contribution is 0.0863. The molecule has 0 radical (unpaired) electrons. The molecule has 21 heavy (non-hydrogen) atoms. The van der Waals surface area contributed by atoms with Crippen LogP contribution in [0.3, 0.4) is 0 Å². The zero-order valence-corrected chi connectivity index (χ0v) is 13.8. The Morgan fingerprint density at radius 1 is 0.810 bits per heavy atom. The molecule has 5 unspecified atom stereocenters. The normalized spacial score (nSPS) is 44.6. The summed E-state index contributed by atoms with van der Waals surface area (Å²) in [6.07, 6.45) is 15.2. The summed E-state index contributed by atoms with van der Waals surface area (Å²) in [4.78, 5) is 4.89. The third kappa shape index (κ3) is 2.91. The van der Waals surface area contributed by atoms with Crippen LogP contribution in [0.1, 0.15) is 70.6 Å². The van der Waals surface area contributed by atoms with Gasteiger partial charge in [-0.15, -0.1) is 0 Å². The molecule has 1 saturated heterocycles. The summed E-state index contributed by atoms with van der Waals surface area (Å²) >= 11 is 6.28. The highest BCUT2D eigenvalue weighted by Crippen LogP contribution is 2.43. The second-order valence-corrected chi connectivity index (χ2v) is 8.34. The molecule has 2 aliphatic carbocycles. The summed E-state index contributed by atoms with van der Waals surface area (Å²) in [6.45, 7) is 0. The van der Waals surface area contributed by atoms with Crippen LogP contribution in [-0.4, -0.2) is 23.3 Å². The molecule has 4 aliphatic rings. The molecule has 0 aromatic rings. The molecule has 0 aromatic heterocycles. The van der Waals surface area contributed by atoms with E-state index in [1.54, 1.807) is 0 Å². The van der Waals surface area contributed by atoms with Crippen molar-refractivity contribution < 1.29 is 0 Å². The lowest BCUT2D eigenvalue weighted by Crippen LogP contribution is -2.59. The Kier molecular flexibility index (Phi) is 4.28. The monoisotopic (exact) mass is 308 g/mol. The zero-order valence-electron chi connectivity index (χ0n) is 13.1. The molecule has 118 valence electrons. The molecule has 2 saturated carbocycles. The highest BCUT2D eigenvalue weighted by Gasteiger charge is 2.44. The average Bonchev–Trinajstić information content (AvgIpc) is 2.55. The van der Waals surface area contributed by atoms with Crippen molar-refractivity contribution in [3.63, 3.8) is 0 Å². The van der Waals surface area contributed by atoms with Gasteiger partial charge in [-0.3, -0.25) is 4.99 Å². The number of hydrogen-bond donors (Lipinski definition) is 1. The van der Waals surface area contributed by atoms with Gasteiger partial charge in [0.05, 0.1) is 6.04 Å². The van der Waals surface area contributed by atoms with Gasteiger partial charge < -0.3 is 5.32 Å². The maximum absolute atomic E-state index is 6.28. The minimum atomic E-state index is 0.483. The van der Waals surface area contributed by atoms with E-state index in [2.05, 4.69) is 5.32 Å². The van der Waals surface area contributed by atoms with Gasteiger partial charge in [0.25, 0.3) is 0 Å². The zero-order chi connectivity index (χ0) is 14.2. The molecule has 1 N–H and O–H groups in total. The molecule has 0 amide bonds. The molecule has 0 bridgehead atoms. The number of halogens is 1. The first kappa shape index (κ1) is 14.5. The van der Waals surface area contributed by atoms with Crippen molar-refractivity contribution in [2.75, 3.05) is 0 Å². The Hall–Kier alpha value is -0.0800. The Balaban J connectivity index is 1.49. The van der Waals surface area contributed by atoms with E-state index < -0.39 is 0 Å². The molecule has 3 fully saturated rings. The maximum Gasteiger partial charge on any atom is 0.101 e. The molecule has 5 atom stereocenters. The summed E-state index contributed by atoms with van der Waals surface area (Å²) in [6, 6.07) is 1.87. The lowest BCUT2D eigenvalue weighted by atomic mass is 9.67. The average molecular weight is 309 g/mol. The van der Waals surface area contributed by atoms with E-state index in [0.717, 1.165) is 35.4 Å². The van der Waals surface area contributed by atoms with Gasteiger partial charge >= 0.3 is 0 Å². The van der Waals surface area contributed by atoms with Crippen molar-refractivity contribution in [1.29, 1.82) is 0 Å². The molecular formula is C18H29ClN2. The number of hydrogen-bond acceptors (Lipinski definition) is 2. The maximum atomic E-state index is 6.28. The van der Waals surface area contributed by atoms with Gasteiger partial charge in [0.2, 0.25) is 0 Å². The third-order valence-corrected chi connectivity index (χ3v) is 7.04. The number of rotatable bonds is 1. The summed E-state index contributed by atoms with van der Waals surface area (Å²) in [5.41, 5.74) is 0. The highest BCUT2D eigenvalue weighted by atomic mass is 35.5. The smallest absolute Gasteiger partial charge is 0.101 e. The Labute approximate surface area is 134 Å². The fraction of sp³-hybridized carbons (Fsp3) is 0.944. The van der Waals surface area contributed by atoms with Crippen LogP contribution in [-0.2, 0) is 0 Å². The van der Waals surface area contributed by atoms with Crippen LogP contribution in [0.5, 0.6) is 0 Å². The van der Waals surface area contributed by atoms with Crippen molar-refractivity contribution in [2.45, 2.75) is 88.8 Å². The topological polar surface area (TPSA) is 24.4 Å². The van der Waals surface area contributed by atoms with E-state index in [9.17, 15) is 0 Å². The number of piperidine rings is 1. The number of aliphatic imine (C=N–C) groups is 1. The van der Waals surface area contributed by atoms with Crippen molar-refractivity contribution >= 4 is 16.8 Å². The van der Waals surface area contributed by atoms with E-state index in [-0.39, 0.29) is 0 Å². The Morgan fingerprint density at radius 3 is 2.43 bits per heavy atom. The summed E-state index contributed by atoms with van der Waals surface area (Å²) < 4.78 is 0. The number of nitrogens with one attached hydrogen (secondary N) is 1. The number of nitrogens with zero attached hydrogens (tertiary/aromatic N) is 1. The van der Waals surface area contributed by atoms with Gasteiger partial charge in [0, 0.05) is 18.5 Å². The quantitative estimate of drug-likeness (QED) is 0.757. The number of fused-ring (bicyclic) bond motifs is 3. The van der Waals surface area contributed by atoms with Crippen molar-refractivity contribution in [3.05, 3.63) is 0 Å². The molecule has 2 aliphatic heterocycles. The Bertz CT molecular complexity index is 402. The van der Waals surface area contributed by atoms with Crippen LogP contribution in [0.4, 0.5) is 0 Å². The standard InChI is InChI=1S/C18H29ClN2/c19-16-11-9-14-7-6-13-8-10-15(12-4-2-1-3-5-12)20-17(13)18(14)21-16/h12-15,17-18,20H,1-11H2. The SMILES string of the molecule is ClC1=NC2C(CC1)CCC1CCC(C3CCCCC3)NC12. The van der Waals surface area contributed by atoms with Gasteiger partial charge in [0.15, 0.2) is 0 Å². The molecule has 2 heterocycles. The molecule has 3 heteroatoms. The van der Waals surface area contributed by atoms with E-state index in [1.807, 2.05) is 0 Å². The van der Waals surface area contributed by atoms with Crippen LogP contribution in [0.25, 0.3) is 0 Å². The fourth-order valence-corrected chi connectivity index (χ4v) is 5.79. The van der Waals surface area contributed by atoms with Crippen molar-refractivity contribution in [3.8, 4) is 0 Å². The lowest BCUT2D eigenvalue weighted by Gasteiger charge is -2.49. The van der Waals surface area contributed by atoms with Gasteiger partial charge in [-0.05, 0) is 62.7 Å². The first-order valence-electron chi connectivity index (χ1n) is 9.29. The van der Waals surface area contributed by atoms with Crippen LogP contribution >= 0.6 is 11.6 Å². The molecule has 0 aromatic carbocycles. The van der Waals surface area contributed by atoms with Crippen LogP contribution in [0, 0.1) is 17.8 Å². The molecule has 0 spiro atoms. The predicted molar refractivity (Wildman–Crippen MR) is 89.0 cm³/mol. The molecule has 4 rings (SSSR count). The van der Waals surface area contributed by atoms with Gasteiger partial charge in [-0.1, -0.05) is 30.9 Å². The van der Waals surface area contributed by atoms with E-state index >= 15 is 0 Å². The van der Waals surface area contributed by atoms with Crippen LogP contribution in [0.15, 0.2) is 4.99 Å². The van der Waals surface area contributed by atoms with Crippen molar-refractivity contribution in [2.24, 2.45) is 22.7 Å². The third-order valence-electron chi connectivity index (χ3n) is 6.75. The van der Waals surface area contributed by atoms with E-state index in [0.29, 0.717) is 12.1 Å². The first-order chi connectivity index (χ1) is 10.3. The Morgan fingerprint density at radius 2 is 1.57 bits per heavy atom. The summed E-state index contributed by atoms with van der Waals surface area (Å²) in [5, 5.41) is 4.97. The highest BCUT2D eigenvalue weighted by molar-refractivity contribution is 6.65. The van der Waals surface area contributed by atoms with Crippen LogP contribution < -0.4 is 5.32 Å². The second-order valence-electron chi connectivity index (χ2n) is 7.91. The van der Waals surface area contributed by atoms with E-state index in [4.69, 9.17) is 16.6 Å². The van der Waals surface area contributed by atoms with Gasteiger partial charge in [-0.2, -0.15) is 0 Å². The summed E-state index contributed by atoms with van der Waals surface area (Å²) in [5.74, 6) is 2.59. The van der Waals surface area contributed by atoms with Gasteiger partial charge in [0.1, 0.15) is 5.17 Å². The van der Waals surface area contributed by atoms with Crippen LogP contribution in [0.2, 0.25) is 0 Å². The predicted octanol–water partition coefficient (Wildman–Crippen LogP) is 4.51. The first-order valence-corrected chi connectivity index (χ1v) is 9.67. The molecular weight excluding hydrogens is 280 g/mol. The molecule has 2 nitrogen and oxygen atoms in total. The largest absolute Gasteiger partial charge is 0.309 e.